The smallest absolute Gasteiger partial charge is 0.202 e. The number of halogens is 2. The van der Waals surface area contributed by atoms with E-state index in [1.165, 1.54) is 38.2 Å². The zero-order valence-corrected chi connectivity index (χ0v) is 13.2. The maximum absolute atomic E-state index is 14.2. The summed E-state index contributed by atoms with van der Waals surface area (Å²) < 4.78 is 12.6. The highest BCUT2D eigenvalue weighted by molar-refractivity contribution is 9.10. The summed E-state index contributed by atoms with van der Waals surface area (Å²) in [7, 11) is 0. The van der Waals surface area contributed by atoms with Crippen LogP contribution in [-0.2, 0) is 0 Å². The maximum atomic E-state index is 14.2. The van der Waals surface area contributed by atoms with Gasteiger partial charge < -0.3 is 5.73 Å². The third-order valence-corrected chi connectivity index (χ3v) is 5.08. The molecule has 19 heavy (non-hydrogen) atoms. The summed E-state index contributed by atoms with van der Waals surface area (Å²) in [5.41, 5.74) is 7.00. The highest BCUT2D eigenvalue weighted by atomic mass is 79.9. The highest BCUT2D eigenvalue weighted by Gasteiger charge is 2.36. The van der Waals surface area contributed by atoms with E-state index in [0.29, 0.717) is 6.04 Å². The molecule has 2 N–H and O–H groups in total. The molecular weight excluding hydrogens is 307 g/mol. The first-order valence-corrected chi connectivity index (χ1v) is 8.09. The summed E-state index contributed by atoms with van der Waals surface area (Å²) in [6.45, 7) is 3.96. The van der Waals surface area contributed by atoms with E-state index in [4.69, 9.17) is 5.73 Å². The van der Waals surface area contributed by atoms with Crippen LogP contribution >= 0.6 is 15.9 Å². The molecule has 1 saturated carbocycles. The summed E-state index contributed by atoms with van der Waals surface area (Å²) in [4.78, 5) is 2.45. The molecule has 2 unspecified atom stereocenters. The number of nitrogens with zero attached hydrogens (tertiary/aromatic N) is 1. The second-order valence-corrected chi connectivity index (χ2v) is 6.82. The molecule has 0 aromatic carbocycles. The van der Waals surface area contributed by atoms with Gasteiger partial charge in [-0.25, -0.2) is 4.39 Å². The van der Waals surface area contributed by atoms with Crippen LogP contribution < -0.4 is 5.73 Å². The average molecular weight is 331 g/mol. The Morgan fingerprint density at radius 1 is 1.42 bits per heavy atom. The topological polar surface area (TPSA) is 29.3 Å². The van der Waals surface area contributed by atoms with Crippen molar-refractivity contribution in [2.45, 2.75) is 55.7 Å². The van der Waals surface area contributed by atoms with Crippen LogP contribution in [0.2, 0.25) is 0 Å². The number of hydrogen-bond acceptors (Lipinski definition) is 2. The first kappa shape index (κ1) is 15.2. The number of nitrogens with two attached hydrogens (primary N) is 1. The Bertz CT molecular complexity index is 359. The Morgan fingerprint density at radius 2 is 2.11 bits per heavy atom. The van der Waals surface area contributed by atoms with Crippen molar-refractivity contribution in [3.8, 4) is 0 Å². The van der Waals surface area contributed by atoms with Gasteiger partial charge in [-0.15, -0.1) is 0 Å². The van der Waals surface area contributed by atoms with Gasteiger partial charge in [-0.1, -0.05) is 38.3 Å². The molecule has 0 aliphatic heterocycles. The molecule has 0 aromatic heterocycles. The molecule has 0 radical (unpaired) electrons. The van der Waals surface area contributed by atoms with Crippen LogP contribution in [0.25, 0.3) is 0 Å². The molecule has 0 saturated heterocycles. The average Bonchev–Trinajstić information content (AvgIpc) is 2.41. The molecule has 108 valence electrons. The lowest BCUT2D eigenvalue weighted by Crippen LogP contribution is -2.46. The van der Waals surface area contributed by atoms with E-state index in [0.717, 1.165) is 18.7 Å². The normalized spacial score (nSPS) is 32.7. The van der Waals surface area contributed by atoms with Crippen LogP contribution in [0.15, 0.2) is 23.8 Å². The van der Waals surface area contributed by atoms with Crippen molar-refractivity contribution in [3.63, 3.8) is 0 Å². The fraction of sp³-hybridized carbons (Fsp3) is 0.733. The third kappa shape index (κ3) is 3.67. The van der Waals surface area contributed by atoms with Crippen molar-refractivity contribution in [2.75, 3.05) is 13.1 Å². The molecule has 2 nitrogen and oxygen atoms in total. The molecule has 1 fully saturated rings. The summed E-state index contributed by atoms with van der Waals surface area (Å²) in [6, 6.07) is 0.0530. The molecule has 2 aliphatic carbocycles. The molecule has 4 heteroatoms. The van der Waals surface area contributed by atoms with E-state index < -0.39 is 10.6 Å². The van der Waals surface area contributed by atoms with E-state index >= 15 is 0 Å². The van der Waals surface area contributed by atoms with Crippen LogP contribution in [0.1, 0.15) is 39.0 Å². The van der Waals surface area contributed by atoms with Gasteiger partial charge in [0.2, 0.25) is 4.58 Å². The third-order valence-electron chi connectivity index (χ3n) is 4.33. The molecule has 0 spiro atoms. The van der Waals surface area contributed by atoms with Crippen molar-refractivity contribution in [3.05, 3.63) is 23.8 Å². The first-order valence-electron chi connectivity index (χ1n) is 7.30. The Hall–Kier alpha value is -0.190. The van der Waals surface area contributed by atoms with Crippen LogP contribution in [0.5, 0.6) is 0 Å². The van der Waals surface area contributed by atoms with Crippen LogP contribution in [0.4, 0.5) is 4.39 Å². The summed E-state index contributed by atoms with van der Waals surface area (Å²) in [5.74, 6) is 0. The molecule has 0 amide bonds. The van der Waals surface area contributed by atoms with Crippen molar-refractivity contribution < 1.29 is 4.39 Å². The Kier molecular flexibility index (Phi) is 5.21. The predicted octanol–water partition coefficient (Wildman–Crippen LogP) is 3.53. The zero-order valence-electron chi connectivity index (χ0n) is 11.6. The second-order valence-electron chi connectivity index (χ2n) is 5.61. The Labute approximate surface area is 124 Å². The summed E-state index contributed by atoms with van der Waals surface area (Å²) >= 11 is 3.07. The minimum atomic E-state index is -1.59. The lowest BCUT2D eigenvalue weighted by Gasteiger charge is -2.37. The lowest BCUT2D eigenvalue weighted by molar-refractivity contribution is 0.171. The van der Waals surface area contributed by atoms with Crippen LogP contribution in [0.3, 0.4) is 0 Å². The lowest BCUT2D eigenvalue weighted by atomic mass is 9.92. The zero-order chi connectivity index (χ0) is 13.9. The second kappa shape index (κ2) is 6.51. The SMILES string of the molecule is CCN(CC1=CC=CC(F)(Br)C1N)C1CCCCC1. The highest BCUT2D eigenvalue weighted by Crippen LogP contribution is 2.33. The molecule has 2 rings (SSSR count). The summed E-state index contributed by atoms with van der Waals surface area (Å²) in [6.07, 6.45) is 11.7. The van der Waals surface area contributed by atoms with Gasteiger partial charge in [0.05, 0.1) is 6.04 Å². The first-order chi connectivity index (χ1) is 9.04. The molecule has 0 heterocycles. The molecule has 2 atom stereocenters. The van der Waals surface area contributed by atoms with E-state index in [2.05, 4.69) is 27.8 Å². The monoisotopic (exact) mass is 330 g/mol. The van der Waals surface area contributed by atoms with Gasteiger partial charge in [0, 0.05) is 12.6 Å². The minimum absolute atomic E-state index is 0.588. The van der Waals surface area contributed by atoms with Crippen molar-refractivity contribution >= 4 is 15.9 Å². The standard InChI is InChI=1S/C15H24BrFN2/c1-2-19(13-8-4-3-5-9-13)11-12-7-6-10-15(16,17)14(12)18/h6-7,10,13-14H,2-5,8-9,11,18H2,1H3. The van der Waals surface area contributed by atoms with E-state index in [9.17, 15) is 4.39 Å². The van der Waals surface area contributed by atoms with Crippen LogP contribution in [-0.4, -0.2) is 34.7 Å². The molecular formula is C15H24BrFN2. The van der Waals surface area contributed by atoms with Gasteiger partial charge in [-0.05, 0) is 47.0 Å². The maximum Gasteiger partial charge on any atom is 0.202 e. The molecule has 0 bridgehead atoms. The molecule has 2 aliphatic rings. The van der Waals surface area contributed by atoms with Gasteiger partial charge in [-0.2, -0.15) is 0 Å². The van der Waals surface area contributed by atoms with Crippen molar-refractivity contribution in [1.82, 2.24) is 4.90 Å². The fourth-order valence-electron chi connectivity index (χ4n) is 3.09. The Morgan fingerprint density at radius 3 is 2.74 bits per heavy atom. The van der Waals surface area contributed by atoms with Crippen molar-refractivity contribution in [2.24, 2.45) is 5.73 Å². The van der Waals surface area contributed by atoms with E-state index in [-0.39, 0.29) is 0 Å². The van der Waals surface area contributed by atoms with Gasteiger partial charge in [-0.3, -0.25) is 4.90 Å². The molecule has 0 aromatic rings. The van der Waals surface area contributed by atoms with E-state index in [1.54, 1.807) is 6.08 Å². The predicted molar refractivity (Wildman–Crippen MR) is 82.1 cm³/mol. The van der Waals surface area contributed by atoms with E-state index in [1.807, 2.05) is 6.08 Å². The fourth-order valence-corrected chi connectivity index (χ4v) is 3.53. The quantitative estimate of drug-likeness (QED) is 0.799. The Balaban J connectivity index is 2.01. The number of likely N-dealkylation sites (N-methyl/N-ethyl adjacent to an activating group) is 1. The van der Waals surface area contributed by atoms with Gasteiger partial charge >= 0.3 is 0 Å². The number of alkyl halides is 2. The number of allylic oxidation sites excluding steroid dienone is 2. The van der Waals surface area contributed by atoms with Gasteiger partial charge in [0.1, 0.15) is 0 Å². The van der Waals surface area contributed by atoms with Crippen molar-refractivity contribution in [1.29, 1.82) is 0 Å². The largest absolute Gasteiger partial charge is 0.321 e. The van der Waals surface area contributed by atoms with Crippen LogP contribution in [0, 0.1) is 0 Å². The number of rotatable bonds is 4. The minimum Gasteiger partial charge on any atom is -0.321 e. The van der Waals surface area contributed by atoms with Gasteiger partial charge in [0.15, 0.2) is 0 Å². The van der Waals surface area contributed by atoms with Gasteiger partial charge in [0.25, 0.3) is 0 Å². The number of hydrogen-bond donors (Lipinski definition) is 1. The summed E-state index contributed by atoms with van der Waals surface area (Å²) in [5, 5.41) is 0.